The predicted molar refractivity (Wildman–Crippen MR) is 122 cm³/mol. The molecule has 4 rings (SSSR count). The fraction of sp³-hybridized carbons (Fsp3) is 0.273. The number of anilines is 2. The number of benzene rings is 2. The molecule has 0 spiro atoms. The third-order valence-corrected chi connectivity index (χ3v) is 6.87. The van der Waals surface area contributed by atoms with Crippen molar-refractivity contribution < 1.29 is 23.1 Å². The van der Waals surface area contributed by atoms with Crippen LogP contribution in [0.1, 0.15) is 10.4 Å². The van der Waals surface area contributed by atoms with Gasteiger partial charge in [-0.1, -0.05) is 0 Å². The minimum Gasteiger partial charge on any atom is -0.497 e. The summed E-state index contributed by atoms with van der Waals surface area (Å²) in [7, 11) is -0.313. The quantitative estimate of drug-likeness (QED) is 0.582. The molecule has 1 aliphatic rings. The minimum absolute atomic E-state index is 0.0698. The predicted octanol–water partition coefficient (Wildman–Crippen LogP) is 2.49. The summed E-state index contributed by atoms with van der Waals surface area (Å²) in [6, 6.07) is 12.3. The van der Waals surface area contributed by atoms with Crippen molar-refractivity contribution in [3.05, 3.63) is 54.1 Å². The van der Waals surface area contributed by atoms with Crippen LogP contribution in [-0.2, 0) is 10.0 Å². The highest BCUT2D eigenvalue weighted by Gasteiger charge is 2.20. The smallest absolute Gasteiger partial charge is 0.336 e. The van der Waals surface area contributed by atoms with Crippen LogP contribution in [-0.4, -0.2) is 69.7 Å². The van der Waals surface area contributed by atoms with Crippen molar-refractivity contribution in [3.63, 3.8) is 0 Å². The first-order valence-electron chi connectivity index (χ1n) is 10.1. The highest BCUT2D eigenvalue weighted by molar-refractivity contribution is 7.92. The number of methoxy groups -OCH3 is 1. The summed E-state index contributed by atoms with van der Waals surface area (Å²) in [6.07, 6.45) is 0. The molecule has 32 heavy (non-hydrogen) atoms. The molecule has 1 fully saturated rings. The Morgan fingerprint density at radius 1 is 1.06 bits per heavy atom. The average Bonchev–Trinajstić information content (AvgIpc) is 2.78. The molecule has 0 radical (unpaired) electrons. The molecule has 0 aliphatic carbocycles. The van der Waals surface area contributed by atoms with Crippen LogP contribution in [0.3, 0.4) is 0 Å². The van der Waals surface area contributed by atoms with Crippen molar-refractivity contribution in [2.24, 2.45) is 0 Å². The van der Waals surface area contributed by atoms with Gasteiger partial charge in [0.1, 0.15) is 11.6 Å². The first-order chi connectivity index (χ1) is 15.3. The van der Waals surface area contributed by atoms with Crippen LogP contribution in [0.15, 0.2) is 53.4 Å². The van der Waals surface area contributed by atoms with E-state index in [-0.39, 0.29) is 16.1 Å². The minimum atomic E-state index is -3.86. The third-order valence-electron chi connectivity index (χ3n) is 5.47. The van der Waals surface area contributed by atoms with Gasteiger partial charge in [-0.3, -0.25) is 4.72 Å². The summed E-state index contributed by atoms with van der Waals surface area (Å²) in [5, 5.41) is 10.2. The Balaban J connectivity index is 1.67. The Labute approximate surface area is 186 Å². The van der Waals surface area contributed by atoms with Crippen LogP contribution in [0, 0.1) is 0 Å². The van der Waals surface area contributed by atoms with E-state index in [1.54, 1.807) is 30.3 Å². The van der Waals surface area contributed by atoms with E-state index in [1.165, 1.54) is 25.3 Å². The number of piperazine rings is 1. The van der Waals surface area contributed by atoms with Gasteiger partial charge in [0.05, 0.1) is 23.1 Å². The maximum Gasteiger partial charge on any atom is 0.336 e. The number of hydrogen-bond acceptors (Lipinski definition) is 7. The molecule has 0 bridgehead atoms. The Bertz CT molecular complexity index is 1250. The van der Waals surface area contributed by atoms with Crippen LogP contribution in [0.25, 0.3) is 10.9 Å². The molecular weight excluding hydrogens is 432 g/mol. The van der Waals surface area contributed by atoms with Gasteiger partial charge >= 0.3 is 5.97 Å². The number of carboxylic acid groups (broad SMARTS) is 1. The summed E-state index contributed by atoms with van der Waals surface area (Å²) in [6.45, 7) is 3.25. The summed E-state index contributed by atoms with van der Waals surface area (Å²) in [4.78, 5) is 20.9. The number of sulfonamides is 1. The maximum absolute atomic E-state index is 12.7. The molecule has 10 heteroatoms. The molecule has 2 heterocycles. The normalized spacial score (nSPS) is 15.0. The number of likely N-dealkylation sites (N-methyl/N-ethyl adjacent to an activating group) is 1. The molecule has 0 saturated carbocycles. The fourth-order valence-electron chi connectivity index (χ4n) is 3.62. The first kappa shape index (κ1) is 21.8. The van der Waals surface area contributed by atoms with E-state index in [1.807, 2.05) is 7.05 Å². The van der Waals surface area contributed by atoms with Gasteiger partial charge in [-0.05, 0) is 55.6 Å². The number of aromatic nitrogens is 1. The zero-order chi connectivity index (χ0) is 22.9. The monoisotopic (exact) mass is 456 g/mol. The molecule has 1 saturated heterocycles. The van der Waals surface area contributed by atoms with Crippen LogP contribution in [0.4, 0.5) is 11.5 Å². The molecule has 168 valence electrons. The average molecular weight is 457 g/mol. The van der Waals surface area contributed by atoms with E-state index in [4.69, 9.17) is 4.74 Å². The molecule has 2 aromatic carbocycles. The van der Waals surface area contributed by atoms with Crippen LogP contribution in [0.2, 0.25) is 0 Å². The van der Waals surface area contributed by atoms with E-state index in [0.29, 0.717) is 22.5 Å². The number of fused-ring (bicyclic) bond motifs is 1. The zero-order valence-electron chi connectivity index (χ0n) is 17.8. The molecular formula is C22H24N4O5S. The topological polar surface area (TPSA) is 112 Å². The number of nitrogens with zero attached hydrogens (tertiary/aromatic N) is 3. The second kappa shape index (κ2) is 8.64. The van der Waals surface area contributed by atoms with Gasteiger partial charge in [0.15, 0.2) is 0 Å². The number of carbonyl (C=O) groups is 1. The van der Waals surface area contributed by atoms with E-state index in [0.717, 1.165) is 26.2 Å². The molecule has 1 aliphatic heterocycles. The van der Waals surface area contributed by atoms with Crippen molar-refractivity contribution in [1.82, 2.24) is 9.88 Å². The lowest BCUT2D eigenvalue weighted by molar-refractivity contribution is 0.0699. The number of ether oxygens (including phenoxy) is 1. The first-order valence-corrected chi connectivity index (χ1v) is 11.5. The number of hydrogen-bond donors (Lipinski definition) is 2. The van der Waals surface area contributed by atoms with Gasteiger partial charge in [-0.2, -0.15) is 0 Å². The van der Waals surface area contributed by atoms with Gasteiger partial charge in [-0.15, -0.1) is 0 Å². The van der Waals surface area contributed by atoms with Gasteiger partial charge in [0.2, 0.25) is 0 Å². The highest BCUT2D eigenvalue weighted by Crippen LogP contribution is 2.28. The number of aromatic carboxylic acids is 1. The Morgan fingerprint density at radius 2 is 1.75 bits per heavy atom. The summed E-state index contributed by atoms with van der Waals surface area (Å²) >= 11 is 0. The Hall–Kier alpha value is -3.37. The zero-order valence-corrected chi connectivity index (χ0v) is 18.6. The number of carboxylic acids is 1. The lowest BCUT2D eigenvalue weighted by Gasteiger charge is -2.33. The van der Waals surface area contributed by atoms with E-state index >= 15 is 0 Å². The van der Waals surface area contributed by atoms with Crippen LogP contribution >= 0.6 is 0 Å². The maximum atomic E-state index is 12.7. The molecule has 9 nitrogen and oxygen atoms in total. The molecule has 0 amide bonds. The summed E-state index contributed by atoms with van der Waals surface area (Å²) < 4.78 is 33.1. The fourth-order valence-corrected chi connectivity index (χ4v) is 4.67. The van der Waals surface area contributed by atoms with Gasteiger partial charge in [-0.25, -0.2) is 18.2 Å². The standard InChI is InChI=1S/C22H24N4O5S/c1-25-9-11-26(12-10-25)21-14-19(22(27)28)18-13-15(3-8-20(18)23-21)24-32(29,30)17-6-4-16(31-2)5-7-17/h3-8,13-14,24H,9-12H2,1-2H3,(H,27,28). The summed E-state index contributed by atoms with van der Waals surface area (Å²) in [5.74, 6) is 0.0560. The van der Waals surface area contributed by atoms with Gasteiger partial charge in [0, 0.05) is 37.3 Å². The van der Waals surface area contributed by atoms with E-state index in [9.17, 15) is 18.3 Å². The van der Waals surface area contributed by atoms with Gasteiger partial charge in [0.25, 0.3) is 10.0 Å². The van der Waals surface area contributed by atoms with Crippen molar-refractivity contribution in [2.45, 2.75) is 4.90 Å². The SMILES string of the molecule is COc1ccc(S(=O)(=O)Nc2ccc3nc(N4CCN(C)CC4)cc(C(=O)O)c3c2)cc1. The molecule has 3 aromatic rings. The largest absolute Gasteiger partial charge is 0.497 e. The van der Waals surface area contributed by atoms with Crippen LogP contribution in [0.5, 0.6) is 5.75 Å². The second-order valence-electron chi connectivity index (χ2n) is 7.64. The lowest BCUT2D eigenvalue weighted by atomic mass is 10.1. The second-order valence-corrected chi connectivity index (χ2v) is 9.32. The van der Waals surface area contributed by atoms with Crippen molar-refractivity contribution >= 4 is 38.4 Å². The molecule has 2 N–H and O–H groups in total. The number of nitrogens with one attached hydrogen (secondary N) is 1. The van der Waals surface area contributed by atoms with Crippen LogP contribution < -0.4 is 14.4 Å². The Morgan fingerprint density at radius 3 is 2.38 bits per heavy atom. The van der Waals surface area contributed by atoms with Crippen molar-refractivity contribution in [3.8, 4) is 5.75 Å². The highest BCUT2D eigenvalue weighted by atomic mass is 32.2. The molecule has 0 unspecified atom stereocenters. The van der Waals surface area contributed by atoms with Crippen molar-refractivity contribution in [1.29, 1.82) is 0 Å². The molecule has 0 atom stereocenters. The molecule has 1 aromatic heterocycles. The van der Waals surface area contributed by atoms with Gasteiger partial charge < -0.3 is 19.6 Å². The Kier molecular flexibility index (Phi) is 5.90. The lowest BCUT2D eigenvalue weighted by Crippen LogP contribution is -2.44. The third kappa shape index (κ3) is 4.46. The number of pyridine rings is 1. The van der Waals surface area contributed by atoms with E-state index in [2.05, 4.69) is 19.5 Å². The van der Waals surface area contributed by atoms with Crippen molar-refractivity contribution in [2.75, 3.05) is 50.0 Å². The summed E-state index contributed by atoms with van der Waals surface area (Å²) in [5.41, 5.74) is 0.825. The number of rotatable bonds is 6. The van der Waals surface area contributed by atoms with E-state index < -0.39 is 16.0 Å².